The maximum absolute atomic E-state index is 13.8. The zero-order valence-corrected chi connectivity index (χ0v) is 24.9. The molecule has 230 valence electrons. The van der Waals surface area contributed by atoms with Crippen molar-refractivity contribution in [2.45, 2.75) is 50.5 Å². The second kappa shape index (κ2) is 13.8. The lowest BCUT2D eigenvalue weighted by atomic mass is 9.73. The molecule has 11 heteroatoms. The Balaban J connectivity index is 1.30. The normalized spacial score (nSPS) is 13.7. The van der Waals surface area contributed by atoms with Gasteiger partial charge in [0, 0.05) is 12.4 Å². The largest absolute Gasteiger partial charge is 0.405 e. The first kappa shape index (κ1) is 31.6. The van der Waals surface area contributed by atoms with Gasteiger partial charge in [0.1, 0.15) is 12.0 Å². The first-order valence-corrected chi connectivity index (χ1v) is 16.2. The molecule has 0 bridgehead atoms. The number of alkyl halides is 3. The molecule has 7 nitrogen and oxygen atoms in total. The fraction of sp³-hybridized carbons (Fsp3) is 0.303. The van der Waals surface area contributed by atoms with Gasteiger partial charge in [0.2, 0.25) is 5.91 Å². The van der Waals surface area contributed by atoms with E-state index in [0.29, 0.717) is 41.8 Å². The maximum atomic E-state index is 13.8. The van der Waals surface area contributed by atoms with Gasteiger partial charge in [0.05, 0.1) is 30.8 Å². The summed E-state index contributed by atoms with van der Waals surface area (Å²) < 4.78 is 64.9. The fourth-order valence-corrected chi connectivity index (χ4v) is 7.22. The van der Waals surface area contributed by atoms with Gasteiger partial charge in [-0.3, -0.25) is 19.3 Å². The number of carbonyl (C=O) groups is 1. The Morgan fingerprint density at radius 1 is 0.750 bits per heavy atom. The molecular formula is C33H33F3N3O4P. The Morgan fingerprint density at radius 2 is 1.27 bits per heavy atom. The van der Waals surface area contributed by atoms with Gasteiger partial charge < -0.3 is 14.4 Å². The second-order valence-electron chi connectivity index (χ2n) is 10.6. The summed E-state index contributed by atoms with van der Waals surface area (Å²) in [5, 5.41) is 2.16. The lowest BCUT2D eigenvalue weighted by Gasteiger charge is -2.31. The van der Waals surface area contributed by atoms with E-state index in [-0.39, 0.29) is 25.8 Å². The van der Waals surface area contributed by atoms with Crippen molar-refractivity contribution in [3.8, 4) is 11.1 Å². The van der Waals surface area contributed by atoms with Crippen LogP contribution in [-0.2, 0) is 37.0 Å². The molecule has 0 unspecified atom stereocenters. The van der Waals surface area contributed by atoms with Gasteiger partial charge in [-0.05, 0) is 59.4 Å². The van der Waals surface area contributed by atoms with Crippen molar-refractivity contribution in [3.05, 3.63) is 120 Å². The van der Waals surface area contributed by atoms with Crippen molar-refractivity contribution >= 4 is 13.5 Å². The Labute approximate surface area is 254 Å². The summed E-state index contributed by atoms with van der Waals surface area (Å²) in [5.74, 6) is -0.685. The molecule has 0 spiro atoms. The topological polar surface area (TPSA) is 90.4 Å². The first-order valence-electron chi connectivity index (χ1n) is 14.4. The molecular weight excluding hydrogens is 590 g/mol. The molecule has 1 amide bonds. The Hall–Kier alpha value is -3.85. The molecule has 0 fully saturated rings. The quantitative estimate of drug-likeness (QED) is 0.115. The van der Waals surface area contributed by atoms with E-state index >= 15 is 0 Å². The molecule has 0 saturated heterocycles. The monoisotopic (exact) mass is 623 g/mol. The van der Waals surface area contributed by atoms with Gasteiger partial charge in [-0.1, -0.05) is 73.5 Å². The van der Waals surface area contributed by atoms with Crippen molar-refractivity contribution in [1.29, 1.82) is 0 Å². The molecule has 1 N–H and O–H groups in total. The van der Waals surface area contributed by atoms with E-state index in [9.17, 15) is 22.5 Å². The van der Waals surface area contributed by atoms with Crippen molar-refractivity contribution in [1.82, 2.24) is 15.3 Å². The van der Waals surface area contributed by atoms with Crippen LogP contribution in [-0.4, -0.2) is 34.8 Å². The van der Waals surface area contributed by atoms with Gasteiger partial charge in [-0.15, -0.1) is 0 Å². The molecule has 1 aliphatic carbocycles. The van der Waals surface area contributed by atoms with E-state index in [1.807, 2.05) is 48.5 Å². The van der Waals surface area contributed by atoms with E-state index < -0.39 is 31.6 Å². The van der Waals surface area contributed by atoms with Gasteiger partial charge in [0.25, 0.3) is 0 Å². The van der Waals surface area contributed by atoms with Crippen molar-refractivity contribution in [2.24, 2.45) is 0 Å². The number of amides is 1. The van der Waals surface area contributed by atoms with Crippen LogP contribution in [0, 0.1) is 0 Å². The van der Waals surface area contributed by atoms with E-state index in [2.05, 4.69) is 15.3 Å². The van der Waals surface area contributed by atoms with Crippen LogP contribution in [0.15, 0.2) is 97.3 Å². The predicted molar refractivity (Wildman–Crippen MR) is 161 cm³/mol. The Kier molecular flexibility index (Phi) is 9.93. The number of carbonyl (C=O) groups excluding carboxylic acids is 1. The van der Waals surface area contributed by atoms with Crippen LogP contribution in [0.25, 0.3) is 11.1 Å². The fourth-order valence-electron chi connectivity index (χ4n) is 5.62. The van der Waals surface area contributed by atoms with Crippen LogP contribution < -0.4 is 5.32 Å². The number of aromatic nitrogens is 2. The van der Waals surface area contributed by atoms with E-state index in [1.165, 1.54) is 0 Å². The third kappa shape index (κ3) is 7.44. The minimum absolute atomic E-state index is 0.0103. The molecule has 1 aliphatic rings. The number of pyridine rings is 2. The number of nitrogens with zero attached hydrogens (tertiary/aromatic N) is 2. The van der Waals surface area contributed by atoms with E-state index in [0.717, 1.165) is 11.1 Å². The first-order chi connectivity index (χ1) is 21.2. The minimum Gasteiger partial charge on any atom is -0.346 e. The van der Waals surface area contributed by atoms with Crippen molar-refractivity contribution in [3.63, 3.8) is 0 Å². The molecule has 0 atom stereocenters. The number of unbranched alkanes of at least 4 members (excludes halogenated alkanes) is 2. The molecule has 44 heavy (non-hydrogen) atoms. The highest BCUT2D eigenvalue weighted by molar-refractivity contribution is 7.53. The number of hydrogen-bond acceptors (Lipinski definition) is 6. The zero-order valence-electron chi connectivity index (χ0n) is 24.0. The molecule has 0 aliphatic heterocycles. The predicted octanol–water partition coefficient (Wildman–Crippen LogP) is 7.61. The van der Waals surface area contributed by atoms with Crippen LogP contribution in [0.4, 0.5) is 13.2 Å². The SMILES string of the molecule is O=C(NCC(F)(F)F)C1(CCCCCP(=O)(OCc2ccccn2)OCc2ccccn2)c2ccccc2-c2ccccc21. The van der Waals surface area contributed by atoms with E-state index in [4.69, 9.17) is 9.05 Å². The summed E-state index contributed by atoms with van der Waals surface area (Å²) in [4.78, 5) is 22.1. The smallest absolute Gasteiger partial charge is 0.346 e. The molecule has 0 radical (unpaired) electrons. The van der Waals surface area contributed by atoms with Crippen molar-refractivity contribution in [2.75, 3.05) is 12.7 Å². The molecule has 2 aromatic heterocycles. The summed E-state index contributed by atoms with van der Waals surface area (Å²) in [7, 11) is -3.57. The molecule has 4 aromatic rings. The minimum atomic E-state index is -4.54. The Bertz CT molecular complexity index is 1510. The summed E-state index contributed by atoms with van der Waals surface area (Å²) in [6.07, 6.45) is 0.582. The standard InChI is InChI=1S/C33H33F3N3O4P/c34-33(35,36)24-39-31(40)32(29-16-4-2-14-27(29)28-15-3-5-17-30(28)32)18-8-1-11-21-44(41,42-22-25-12-6-9-19-37-25)43-23-26-13-7-10-20-38-26/h2-7,9-10,12-17,19-20H,1,8,11,18,21-24H2,(H,39,40). The third-order valence-electron chi connectivity index (χ3n) is 7.66. The number of hydrogen-bond donors (Lipinski definition) is 1. The lowest BCUT2D eigenvalue weighted by Crippen LogP contribution is -2.47. The highest BCUT2D eigenvalue weighted by Crippen LogP contribution is 2.53. The number of benzene rings is 2. The lowest BCUT2D eigenvalue weighted by molar-refractivity contribution is -0.141. The summed E-state index contributed by atoms with van der Waals surface area (Å²) >= 11 is 0. The molecule has 5 rings (SSSR count). The van der Waals surface area contributed by atoms with Gasteiger partial charge in [-0.25, -0.2) is 0 Å². The number of nitrogens with one attached hydrogen (secondary N) is 1. The number of fused-ring (bicyclic) bond motifs is 3. The highest BCUT2D eigenvalue weighted by atomic mass is 31.2. The Morgan fingerprint density at radius 3 is 1.77 bits per heavy atom. The van der Waals surface area contributed by atoms with Crippen LogP contribution in [0.5, 0.6) is 0 Å². The highest BCUT2D eigenvalue weighted by Gasteiger charge is 2.49. The van der Waals surface area contributed by atoms with Gasteiger partial charge in [-0.2, -0.15) is 13.2 Å². The van der Waals surface area contributed by atoms with Crippen LogP contribution >= 0.6 is 7.60 Å². The summed E-state index contributed by atoms with van der Waals surface area (Å²) in [6, 6.07) is 25.4. The third-order valence-corrected chi connectivity index (χ3v) is 9.56. The molecule has 0 saturated carbocycles. The molecule has 2 heterocycles. The number of halogens is 3. The second-order valence-corrected chi connectivity index (χ2v) is 12.8. The molecule has 2 aromatic carbocycles. The maximum Gasteiger partial charge on any atom is 0.405 e. The number of rotatable bonds is 14. The van der Waals surface area contributed by atoms with Crippen molar-refractivity contribution < 1.29 is 31.6 Å². The van der Waals surface area contributed by atoms with Crippen LogP contribution in [0.2, 0.25) is 0 Å². The van der Waals surface area contributed by atoms with Crippen LogP contribution in [0.3, 0.4) is 0 Å². The average molecular weight is 624 g/mol. The zero-order chi connectivity index (χ0) is 31.0. The summed E-state index contributed by atoms with van der Waals surface area (Å²) in [6.45, 7) is -1.39. The van der Waals surface area contributed by atoms with Gasteiger partial charge >= 0.3 is 13.8 Å². The average Bonchev–Trinajstić information content (AvgIpc) is 3.33. The van der Waals surface area contributed by atoms with E-state index in [1.54, 1.807) is 48.8 Å². The van der Waals surface area contributed by atoms with Crippen LogP contribution in [0.1, 0.15) is 48.2 Å². The summed E-state index contributed by atoms with van der Waals surface area (Å²) in [5.41, 5.74) is 2.97. The van der Waals surface area contributed by atoms with Gasteiger partial charge in [0.15, 0.2) is 0 Å².